The fourth-order valence-corrected chi connectivity index (χ4v) is 4.15. The highest BCUT2D eigenvalue weighted by Crippen LogP contribution is 2.49. The number of alkyl halides is 3. The summed E-state index contributed by atoms with van der Waals surface area (Å²) in [5.41, 5.74) is -1.15. The zero-order valence-corrected chi connectivity index (χ0v) is 15.4. The number of amides is 1. The molecule has 1 unspecified atom stereocenters. The first-order valence-corrected chi connectivity index (χ1v) is 8.98. The van der Waals surface area contributed by atoms with Crippen molar-refractivity contribution in [3.8, 4) is 0 Å². The molecule has 0 bridgehead atoms. The largest absolute Gasteiger partial charge is 0.417 e. The average molecular weight is 388 g/mol. The Bertz CT molecular complexity index is 940. The Labute approximate surface area is 160 Å². The second-order valence-corrected chi connectivity index (χ2v) is 7.61. The van der Waals surface area contributed by atoms with Gasteiger partial charge in [0.2, 0.25) is 5.91 Å². The molecule has 2 aromatic carbocycles. The van der Waals surface area contributed by atoms with Crippen molar-refractivity contribution in [3.05, 3.63) is 71.3 Å². The summed E-state index contributed by atoms with van der Waals surface area (Å²) < 4.78 is 39.8. The van der Waals surface area contributed by atoms with Crippen molar-refractivity contribution in [2.45, 2.75) is 44.3 Å². The smallest absolute Gasteiger partial charge is 0.319 e. The monoisotopic (exact) mass is 388 g/mol. The van der Waals surface area contributed by atoms with Gasteiger partial charge in [0.15, 0.2) is 5.78 Å². The van der Waals surface area contributed by atoms with Gasteiger partial charge in [0.1, 0.15) is 12.1 Å². The first-order chi connectivity index (χ1) is 13.1. The van der Waals surface area contributed by atoms with E-state index in [9.17, 15) is 22.8 Å². The quantitative estimate of drug-likeness (QED) is 0.592. The van der Waals surface area contributed by atoms with Gasteiger partial charge in [-0.15, -0.1) is 0 Å². The number of hydrogen-bond donors (Lipinski definition) is 0. The van der Waals surface area contributed by atoms with E-state index in [0.29, 0.717) is 6.54 Å². The molecule has 28 heavy (non-hydrogen) atoms. The van der Waals surface area contributed by atoms with Gasteiger partial charge >= 0.3 is 6.18 Å². The van der Waals surface area contributed by atoms with Crippen LogP contribution in [0.1, 0.15) is 35.3 Å². The van der Waals surface area contributed by atoms with Gasteiger partial charge in [0.05, 0.1) is 11.2 Å². The molecule has 0 aliphatic carbocycles. The van der Waals surface area contributed by atoms with Gasteiger partial charge in [0.25, 0.3) is 0 Å². The summed E-state index contributed by atoms with van der Waals surface area (Å²) in [5.74, 6) is -0.879. The molecule has 2 fully saturated rings. The lowest BCUT2D eigenvalue weighted by Gasteiger charge is -2.36. The molecule has 0 saturated carbocycles. The molecular formula is C21H19F3N2O2. The Morgan fingerprint density at radius 2 is 1.64 bits per heavy atom. The van der Waals surface area contributed by atoms with Gasteiger partial charge in [0, 0.05) is 12.1 Å². The fourth-order valence-electron chi connectivity index (χ4n) is 4.15. The summed E-state index contributed by atoms with van der Waals surface area (Å²) in [7, 11) is 0. The number of benzene rings is 2. The zero-order chi connectivity index (χ0) is 20.3. The number of fused-ring (bicyclic) bond motifs is 1. The maximum Gasteiger partial charge on any atom is 0.417 e. The van der Waals surface area contributed by atoms with Crippen molar-refractivity contribution >= 4 is 11.7 Å². The van der Waals surface area contributed by atoms with E-state index in [1.54, 1.807) is 9.80 Å². The number of Topliss-reactive ketones (excluding diaryl/α,β-unsaturated/α-hetero) is 1. The number of carbonyl (C=O) groups is 2. The Morgan fingerprint density at radius 1 is 1.04 bits per heavy atom. The molecule has 2 saturated heterocycles. The maximum absolute atomic E-state index is 13.3. The molecule has 3 atom stereocenters. The molecule has 0 aromatic heterocycles. The van der Waals surface area contributed by atoms with E-state index < -0.39 is 35.3 Å². The van der Waals surface area contributed by atoms with Crippen molar-refractivity contribution in [1.82, 2.24) is 9.80 Å². The van der Waals surface area contributed by atoms with E-state index in [-0.39, 0.29) is 11.5 Å². The average Bonchev–Trinajstić information content (AvgIpc) is 3.37. The van der Waals surface area contributed by atoms with E-state index >= 15 is 0 Å². The third kappa shape index (κ3) is 2.81. The van der Waals surface area contributed by atoms with Crippen LogP contribution < -0.4 is 0 Å². The topological polar surface area (TPSA) is 40.4 Å². The van der Waals surface area contributed by atoms with Crippen LogP contribution in [0.5, 0.6) is 0 Å². The molecule has 146 valence electrons. The van der Waals surface area contributed by atoms with Crippen LogP contribution in [0, 0.1) is 0 Å². The number of rotatable bonds is 4. The molecule has 0 N–H and O–H groups in total. The maximum atomic E-state index is 13.3. The van der Waals surface area contributed by atoms with Crippen molar-refractivity contribution in [2.24, 2.45) is 0 Å². The molecule has 4 rings (SSSR count). The van der Waals surface area contributed by atoms with E-state index in [1.807, 2.05) is 44.2 Å². The summed E-state index contributed by atoms with van der Waals surface area (Å²) in [6.45, 7) is 4.02. The third-order valence-corrected chi connectivity index (χ3v) is 5.57. The van der Waals surface area contributed by atoms with Crippen molar-refractivity contribution in [1.29, 1.82) is 0 Å². The molecule has 7 heteroatoms. The Balaban J connectivity index is 1.59. The van der Waals surface area contributed by atoms with Crippen LogP contribution in [-0.4, -0.2) is 39.2 Å². The van der Waals surface area contributed by atoms with Crippen LogP contribution in [0.25, 0.3) is 0 Å². The predicted molar refractivity (Wildman–Crippen MR) is 96.3 cm³/mol. The number of carbonyl (C=O) groups excluding carboxylic acids is 2. The standard InChI is InChI=1S/C21H19F3N2O2/c1-20(2)25(12-13-8-4-3-5-9-13)19(28)17-16(26(17)20)18(27)14-10-6-7-11-15(14)21(22,23)24/h3-11,16-17H,12H2,1-2H3/t16-,17+,26?/m1/s1. The molecule has 2 aliphatic heterocycles. The fraction of sp³-hybridized carbons (Fsp3) is 0.333. The van der Waals surface area contributed by atoms with Gasteiger partial charge in [-0.2, -0.15) is 13.2 Å². The van der Waals surface area contributed by atoms with Gasteiger partial charge in [-0.05, 0) is 25.5 Å². The molecule has 0 radical (unpaired) electrons. The van der Waals surface area contributed by atoms with Crippen molar-refractivity contribution < 1.29 is 22.8 Å². The third-order valence-electron chi connectivity index (χ3n) is 5.57. The van der Waals surface area contributed by atoms with Crippen LogP contribution in [0.3, 0.4) is 0 Å². The molecule has 1 amide bonds. The second kappa shape index (κ2) is 6.17. The van der Waals surface area contributed by atoms with Gasteiger partial charge in [-0.1, -0.05) is 48.5 Å². The number of nitrogens with zero attached hydrogens (tertiary/aromatic N) is 2. The van der Waals surface area contributed by atoms with E-state index in [2.05, 4.69) is 0 Å². The Morgan fingerprint density at radius 3 is 2.21 bits per heavy atom. The zero-order valence-electron chi connectivity index (χ0n) is 15.4. The second-order valence-electron chi connectivity index (χ2n) is 7.61. The summed E-state index contributed by atoms with van der Waals surface area (Å²) >= 11 is 0. The van der Waals surface area contributed by atoms with Crippen molar-refractivity contribution in [2.75, 3.05) is 0 Å². The summed E-state index contributed by atoms with van der Waals surface area (Å²) in [6.07, 6.45) is -4.62. The molecule has 2 aliphatic rings. The van der Waals surface area contributed by atoms with E-state index in [1.165, 1.54) is 18.2 Å². The lowest BCUT2D eigenvalue weighted by molar-refractivity contribution is -0.137. The minimum Gasteiger partial charge on any atom is -0.319 e. The van der Waals surface area contributed by atoms with E-state index in [0.717, 1.165) is 11.6 Å². The van der Waals surface area contributed by atoms with Gasteiger partial charge in [-0.3, -0.25) is 14.5 Å². The van der Waals surface area contributed by atoms with Crippen LogP contribution in [0.2, 0.25) is 0 Å². The Kier molecular flexibility index (Phi) is 4.12. The minimum absolute atomic E-state index is 0.225. The summed E-state index contributed by atoms with van der Waals surface area (Å²) in [6, 6.07) is 12.6. The molecule has 4 nitrogen and oxygen atoms in total. The first-order valence-electron chi connectivity index (χ1n) is 8.98. The van der Waals surface area contributed by atoms with Crippen LogP contribution in [0.15, 0.2) is 54.6 Å². The van der Waals surface area contributed by atoms with E-state index in [4.69, 9.17) is 0 Å². The summed E-state index contributed by atoms with van der Waals surface area (Å²) in [5, 5.41) is 0. The highest BCUT2D eigenvalue weighted by Gasteiger charge is 2.70. The van der Waals surface area contributed by atoms with Gasteiger partial charge < -0.3 is 4.90 Å². The highest BCUT2D eigenvalue weighted by molar-refractivity contribution is 6.09. The lowest BCUT2D eigenvalue weighted by Crippen LogP contribution is -2.49. The molecule has 0 spiro atoms. The molecule has 2 heterocycles. The van der Waals surface area contributed by atoms with Crippen LogP contribution in [-0.2, 0) is 17.5 Å². The highest BCUT2D eigenvalue weighted by atomic mass is 19.4. The predicted octanol–water partition coefficient (Wildman–Crippen LogP) is 3.72. The molecular weight excluding hydrogens is 369 g/mol. The molecule has 2 aromatic rings. The number of hydrogen-bond acceptors (Lipinski definition) is 3. The Hall–Kier alpha value is -2.67. The van der Waals surface area contributed by atoms with Gasteiger partial charge in [-0.25, -0.2) is 0 Å². The number of ketones is 1. The van der Waals surface area contributed by atoms with Crippen LogP contribution in [0.4, 0.5) is 13.2 Å². The minimum atomic E-state index is -4.62. The summed E-state index contributed by atoms with van der Waals surface area (Å²) in [4.78, 5) is 29.2. The normalized spacial score (nSPS) is 25.5. The number of halogens is 3. The lowest BCUT2D eigenvalue weighted by atomic mass is 9.98. The SMILES string of the molecule is CC1(C)N(Cc2ccccc2)C(=O)[C@@H]2[C@H](C(=O)c3ccccc3C(F)(F)F)N21. The van der Waals surface area contributed by atoms with Crippen molar-refractivity contribution in [3.63, 3.8) is 0 Å². The first kappa shape index (κ1) is 18.7. The van der Waals surface area contributed by atoms with Crippen LogP contribution >= 0.6 is 0 Å².